The molecule has 1 aliphatic rings. The molecule has 1 fully saturated rings. The van der Waals surface area contributed by atoms with Crippen LogP contribution in [0.1, 0.15) is 35.8 Å². The number of rotatable bonds is 5. The van der Waals surface area contributed by atoms with Crippen LogP contribution in [0.15, 0.2) is 54.6 Å². The summed E-state index contributed by atoms with van der Waals surface area (Å²) in [6.07, 6.45) is 5.56. The Bertz CT molecular complexity index is 740. The molecule has 1 aromatic carbocycles. The van der Waals surface area contributed by atoms with E-state index in [2.05, 4.69) is 4.90 Å². The first-order valence-corrected chi connectivity index (χ1v) is 8.78. The lowest BCUT2D eigenvalue weighted by Crippen LogP contribution is -2.29. The van der Waals surface area contributed by atoms with Crippen LogP contribution in [-0.4, -0.2) is 41.3 Å². The molecule has 4 heteroatoms. The third kappa shape index (κ3) is 4.54. The van der Waals surface area contributed by atoms with Crippen molar-refractivity contribution in [1.29, 1.82) is 0 Å². The lowest BCUT2D eigenvalue weighted by atomic mass is 10.1. The molecular weight excluding hydrogens is 310 g/mol. The predicted molar refractivity (Wildman–Crippen MR) is 101 cm³/mol. The molecule has 0 N–H and O–H groups in total. The molecule has 1 saturated heterocycles. The fourth-order valence-electron chi connectivity index (χ4n) is 3.26. The standard InChI is InChI=1S/C21H25N3O/c1-23(2)16-18-10-6-11-19(22-18)20-12-7-15-24(20)21(25)14-13-17-8-4-3-5-9-17/h3-6,8-11,13-14,20H,7,12,15-16H2,1-2H3/b14-13+. The predicted octanol–water partition coefficient (Wildman–Crippen LogP) is 3.52. The quantitative estimate of drug-likeness (QED) is 0.785. The smallest absolute Gasteiger partial charge is 0.247 e. The minimum atomic E-state index is 0.0613. The molecule has 25 heavy (non-hydrogen) atoms. The van der Waals surface area contributed by atoms with E-state index in [1.165, 1.54) is 0 Å². The summed E-state index contributed by atoms with van der Waals surface area (Å²) in [6.45, 7) is 1.60. The van der Waals surface area contributed by atoms with Gasteiger partial charge in [0.2, 0.25) is 5.91 Å². The second-order valence-corrected chi connectivity index (χ2v) is 6.73. The number of amides is 1. The molecule has 3 rings (SSSR count). The van der Waals surface area contributed by atoms with Gasteiger partial charge in [0.15, 0.2) is 0 Å². The van der Waals surface area contributed by atoms with Gasteiger partial charge in [-0.2, -0.15) is 0 Å². The minimum Gasteiger partial charge on any atom is -0.331 e. The highest BCUT2D eigenvalue weighted by atomic mass is 16.2. The van der Waals surface area contributed by atoms with Crippen molar-refractivity contribution in [2.24, 2.45) is 0 Å². The molecule has 1 atom stereocenters. The van der Waals surface area contributed by atoms with Crippen molar-refractivity contribution in [3.05, 3.63) is 71.6 Å². The number of hydrogen-bond donors (Lipinski definition) is 0. The normalized spacial score (nSPS) is 17.6. The van der Waals surface area contributed by atoms with E-state index in [9.17, 15) is 4.79 Å². The van der Waals surface area contributed by atoms with Gasteiger partial charge in [0.1, 0.15) is 0 Å². The first-order chi connectivity index (χ1) is 12.1. The molecular formula is C21H25N3O. The van der Waals surface area contributed by atoms with Crippen molar-refractivity contribution in [1.82, 2.24) is 14.8 Å². The van der Waals surface area contributed by atoms with Crippen molar-refractivity contribution in [3.63, 3.8) is 0 Å². The number of benzene rings is 1. The van der Waals surface area contributed by atoms with Crippen molar-refractivity contribution < 1.29 is 4.79 Å². The first-order valence-electron chi connectivity index (χ1n) is 8.78. The summed E-state index contributed by atoms with van der Waals surface area (Å²) < 4.78 is 0. The third-order valence-electron chi connectivity index (χ3n) is 4.40. The van der Waals surface area contributed by atoms with E-state index in [1.54, 1.807) is 6.08 Å². The van der Waals surface area contributed by atoms with Gasteiger partial charge in [-0.15, -0.1) is 0 Å². The monoisotopic (exact) mass is 335 g/mol. The molecule has 2 heterocycles. The van der Waals surface area contributed by atoms with Crippen LogP contribution in [-0.2, 0) is 11.3 Å². The van der Waals surface area contributed by atoms with E-state index in [4.69, 9.17) is 4.98 Å². The Morgan fingerprint density at radius 2 is 2.00 bits per heavy atom. The van der Waals surface area contributed by atoms with Crippen LogP contribution in [0.4, 0.5) is 0 Å². The van der Waals surface area contributed by atoms with Crippen LogP contribution in [0.5, 0.6) is 0 Å². The molecule has 1 unspecified atom stereocenters. The second kappa shape index (κ2) is 8.08. The molecule has 1 amide bonds. The van der Waals surface area contributed by atoms with Crippen LogP contribution in [0.25, 0.3) is 6.08 Å². The van der Waals surface area contributed by atoms with Gasteiger partial charge in [0, 0.05) is 19.2 Å². The number of likely N-dealkylation sites (tertiary alicyclic amines) is 1. The van der Waals surface area contributed by atoms with Crippen LogP contribution in [0.3, 0.4) is 0 Å². The maximum absolute atomic E-state index is 12.7. The summed E-state index contributed by atoms with van der Waals surface area (Å²) in [5, 5.41) is 0. The van der Waals surface area contributed by atoms with Crippen molar-refractivity contribution in [3.8, 4) is 0 Å². The second-order valence-electron chi connectivity index (χ2n) is 6.73. The zero-order chi connectivity index (χ0) is 17.6. The Balaban J connectivity index is 1.74. The largest absolute Gasteiger partial charge is 0.331 e. The van der Waals surface area contributed by atoms with Gasteiger partial charge in [-0.05, 0) is 50.7 Å². The van der Waals surface area contributed by atoms with E-state index in [-0.39, 0.29) is 11.9 Å². The van der Waals surface area contributed by atoms with Gasteiger partial charge in [0.25, 0.3) is 0 Å². The molecule has 0 radical (unpaired) electrons. The van der Waals surface area contributed by atoms with Gasteiger partial charge in [-0.3, -0.25) is 9.78 Å². The molecule has 1 aliphatic heterocycles. The Kier molecular flexibility index (Phi) is 5.61. The number of carbonyl (C=O) groups is 1. The fraction of sp³-hybridized carbons (Fsp3) is 0.333. The molecule has 2 aromatic rings. The maximum atomic E-state index is 12.7. The zero-order valence-electron chi connectivity index (χ0n) is 14.9. The minimum absolute atomic E-state index is 0.0613. The van der Waals surface area contributed by atoms with E-state index in [0.717, 1.165) is 42.9 Å². The third-order valence-corrected chi connectivity index (χ3v) is 4.40. The number of carbonyl (C=O) groups excluding carboxylic acids is 1. The lowest BCUT2D eigenvalue weighted by molar-refractivity contribution is -0.126. The zero-order valence-corrected chi connectivity index (χ0v) is 14.9. The van der Waals surface area contributed by atoms with Crippen molar-refractivity contribution in [2.75, 3.05) is 20.6 Å². The highest BCUT2D eigenvalue weighted by molar-refractivity contribution is 5.92. The number of pyridine rings is 1. The average Bonchev–Trinajstić information content (AvgIpc) is 3.10. The number of hydrogen-bond acceptors (Lipinski definition) is 3. The summed E-state index contributed by atoms with van der Waals surface area (Å²) in [5.74, 6) is 0.0613. The van der Waals surface area contributed by atoms with E-state index in [1.807, 2.05) is 73.6 Å². The number of aromatic nitrogens is 1. The van der Waals surface area contributed by atoms with Crippen molar-refractivity contribution in [2.45, 2.75) is 25.4 Å². The molecule has 1 aromatic heterocycles. The highest BCUT2D eigenvalue weighted by Crippen LogP contribution is 2.31. The average molecular weight is 335 g/mol. The van der Waals surface area contributed by atoms with Crippen LogP contribution in [0.2, 0.25) is 0 Å². The topological polar surface area (TPSA) is 36.4 Å². The Hall–Kier alpha value is -2.46. The summed E-state index contributed by atoms with van der Waals surface area (Å²) in [6, 6.07) is 16.1. The molecule has 0 spiro atoms. The Morgan fingerprint density at radius 1 is 1.20 bits per heavy atom. The Morgan fingerprint density at radius 3 is 2.76 bits per heavy atom. The highest BCUT2D eigenvalue weighted by Gasteiger charge is 2.29. The van der Waals surface area contributed by atoms with E-state index >= 15 is 0 Å². The molecule has 4 nitrogen and oxygen atoms in total. The first kappa shape index (κ1) is 17.4. The van der Waals surface area contributed by atoms with Crippen LogP contribution in [0, 0.1) is 0 Å². The van der Waals surface area contributed by atoms with Gasteiger partial charge in [0.05, 0.1) is 17.4 Å². The molecule has 0 aliphatic carbocycles. The van der Waals surface area contributed by atoms with E-state index < -0.39 is 0 Å². The van der Waals surface area contributed by atoms with Crippen LogP contribution >= 0.6 is 0 Å². The summed E-state index contributed by atoms with van der Waals surface area (Å²) >= 11 is 0. The molecule has 130 valence electrons. The number of nitrogens with zero attached hydrogens (tertiary/aromatic N) is 3. The summed E-state index contributed by atoms with van der Waals surface area (Å²) in [5.41, 5.74) is 3.08. The SMILES string of the molecule is CN(C)Cc1cccc(C2CCCN2C(=O)/C=C/c2ccccc2)n1. The van der Waals surface area contributed by atoms with Gasteiger partial charge in [-0.25, -0.2) is 0 Å². The molecule has 0 bridgehead atoms. The van der Waals surface area contributed by atoms with Gasteiger partial charge in [-0.1, -0.05) is 36.4 Å². The maximum Gasteiger partial charge on any atom is 0.247 e. The summed E-state index contributed by atoms with van der Waals surface area (Å²) in [4.78, 5) is 21.5. The van der Waals surface area contributed by atoms with Gasteiger partial charge >= 0.3 is 0 Å². The molecule has 0 saturated carbocycles. The Labute approximate surface area is 149 Å². The summed E-state index contributed by atoms with van der Waals surface area (Å²) in [7, 11) is 4.07. The van der Waals surface area contributed by atoms with Crippen LogP contribution < -0.4 is 0 Å². The lowest BCUT2D eigenvalue weighted by Gasteiger charge is -2.23. The fourth-order valence-corrected chi connectivity index (χ4v) is 3.26. The van der Waals surface area contributed by atoms with Crippen molar-refractivity contribution >= 4 is 12.0 Å². The van der Waals surface area contributed by atoms with Gasteiger partial charge < -0.3 is 9.80 Å². The van der Waals surface area contributed by atoms with E-state index in [0.29, 0.717) is 0 Å².